The maximum atomic E-state index is 12.9. The lowest BCUT2D eigenvalue weighted by atomic mass is 10.0. The van der Waals surface area contributed by atoms with Crippen molar-refractivity contribution in [3.05, 3.63) is 29.6 Å². The van der Waals surface area contributed by atoms with Crippen LogP contribution in [0.4, 0.5) is 0 Å². The summed E-state index contributed by atoms with van der Waals surface area (Å²) in [6, 6.07) is 1.49. The lowest BCUT2D eigenvalue weighted by molar-refractivity contribution is 0.0948. The predicted molar refractivity (Wildman–Crippen MR) is 108 cm³/mol. The summed E-state index contributed by atoms with van der Waals surface area (Å²) >= 11 is 0. The standard InChI is InChI=1S/C18H28N4O3S.ClH/c1-14-4-3-9-22(12-14)26(24,25)16-10-17(21(2)13-16)18(23)20-11-15-5-7-19-8-6-15;/h5,10,13-14,19H,3-4,6-9,11-12H2,1-2H3,(H,20,23);1H. The molecule has 1 amide bonds. The molecule has 0 aliphatic carbocycles. The van der Waals surface area contributed by atoms with Crippen LogP contribution in [-0.2, 0) is 17.1 Å². The molecule has 3 heterocycles. The van der Waals surface area contributed by atoms with Gasteiger partial charge in [-0.05, 0) is 37.8 Å². The molecule has 9 heteroatoms. The molecule has 0 radical (unpaired) electrons. The number of piperidine rings is 1. The van der Waals surface area contributed by atoms with Gasteiger partial charge in [-0.15, -0.1) is 12.4 Å². The first kappa shape index (κ1) is 21.9. The Bertz CT molecular complexity index is 804. The molecule has 7 nitrogen and oxygen atoms in total. The number of aromatic nitrogens is 1. The Hall–Kier alpha value is -1.35. The normalized spacial score (nSPS) is 21.3. The van der Waals surface area contributed by atoms with Crippen molar-refractivity contribution in [2.24, 2.45) is 13.0 Å². The topological polar surface area (TPSA) is 83.4 Å². The van der Waals surface area contributed by atoms with E-state index in [9.17, 15) is 13.2 Å². The van der Waals surface area contributed by atoms with Crippen molar-refractivity contribution in [1.29, 1.82) is 0 Å². The van der Waals surface area contributed by atoms with E-state index in [4.69, 9.17) is 0 Å². The van der Waals surface area contributed by atoms with E-state index in [1.807, 2.05) is 0 Å². The molecule has 1 unspecified atom stereocenters. The smallest absolute Gasteiger partial charge is 0.268 e. The lowest BCUT2D eigenvalue weighted by Crippen LogP contribution is -2.38. The highest BCUT2D eigenvalue weighted by Gasteiger charge is 2.30. The van der Waals surface area contributed by atoms with Gasteiger partial charge in [0.2, 0.25) is 10.0 Å². The summed E-state index contributed by atoms with van der Waals surface area (Å²) < 4.78 is 28.9. The molecule has 0 saturated carbocycles. The van der Waals surface area contributed by atoms with Gasteiger partial charge in [0, 0.05) is 39.4 Å². The van der Waals surface area contributed by atoms with E-state index < -0.39 is 10.0 Å². The van der Waals surface area contributed by atoms with Crippen LogP contribution in [0.1, 0.15) is 36.7 Å². The highest BCUT2D eigenvalue weighted by molar-refractivity contribution is 7.89. The Morgan fingerprint density at radius 3 is 2.85 bits per heavy atom. The Morgan fingerprint density at radius 1 is 1.41 bits per heavy atom. The number of halogens is 1. The first-order chi connectivity index (χ1) is 12.4. The lowest BCUT2D eigenvalue weighted by Gasteiger charge is -2.29. The van der Waals surface area contributed by atoms with Gasteiger partial charge in [-0.25, -0.2) is 8.42 Å². The molecule has 2 aliphatic rings. The van der Waals surface area contributed by atoms with Crippen molar-refractivity contribution in [3.8, 4) is 0 Å². The summed E-state index contributed by atoms with van der Waals surface area (Å²) in [5.41, 5.74) is 1.56. The molecule has 1 fully saturated rings. The fourth-order valence-electron chi connectivity index (χ4n) is 3.53. The minimum Gasteiger partial charge on any atom is -0.347 e. The maximum absolute atomic E-state index is 12.9. The number of nitrogens with zero attached hydrogens (tertiary/aromatic N) is 2. The van der Waals surface area contributed by atoms with Crippen molar-refractivity contribution in [1.82, 2.24) is 19.5 Å². The van der Waals surface area contributed by atoms with Crippen molar-refractivity contribution in [2.45, 2.75) is 31.1 Å². The Kier molecular flexibility index (Phi) is 7.50. The summed E-state index contributed by atoms with van der Waals surface area (Å²) in [5.74, 6) is 0.114. The van der Waals surface area contributed by atoms with Gasteiger partial charge in [0.1, 0.15) is 10.6 Å². The van der Waals surface area contributed by atoms with Gasteiger partial charge in [0.05, 0.1) is 0 Å². The number of sulfonamides is 1. The van der Waals surface area contributed by atoms with Crippen LogP contribution in [0.2, 0.25) is 0 Å². The molecule has 1 atom stereocenters. The molecule has 0 spiro atoms. The number of rotatable bonds is 5. The highest BCUT2D eigenvalue weighted by Crippen LogP contribution is 2.24. The van der Waals surface area contributed by atoms with Crippen LogP contribution in [0, 0.1) is 5.92 Å². The molecule has 152 valence electrons. The molecule has 0 aromatic carbocycles. The van der Waals surface area contributed by atoms with Gasteiger partial charge in [0.25, 0.3) is 5.91 Å². The summed E-state index contributed by atoms with van der Waals surface area (Å²) in [5, 5.41) is 6.13. The van der Waals surface area contributed by atoms with E-state index in [2.05, 4.69) is 23.6 Å². The number of nitrogens with one attached hydrogen (secondary N) is 2. The number of carbonyl (C=O) groups excluding carboxylic acids is 1. The van der Waals surface area contributed by atoms with E-state index in [0.29, 0.717) is 31.2 Å². The number of amides is 1. The second-order valence-corrected chi connectivity index (χ2v) is 9.22. The van der Waals surface area contributed by atoms with E-state index >= 15 is 0 Å². The quantitative estimate of drug-likeness (QED) is 0.713. The van der Waals surface area contributed by atoms with Crippen molar-refractivity contribution >= 4 is 28.3 Å². The zero-order valence-corrected chi connectivity index (χ0v) is 17.5. The van der Waals surface area contributed by atoms with Crippen LogP contribution in [0.3, 0.4) is 0 Å². The third-order valence-corrected chi connectivity index (χ3v) is 6.93. The fraction of sp³-hybridized carbons (Fsp3) is 0.611. The van der Waals surface area contributed by atoms with Crippen LogP contribution in [-0.4, -0.2) is 55.9 Å². The third-order valence-electron chi connectivity index (χ3n) is 5.10. The average molecular weight is 417 g/mol. The zero-order chi connectivity index (χ0) is 18.7. The number of aryl methyl sites for hydroxylation is 1. The first-order valence-corrected chi connectivity index (χ1v) is 10.7. The van der Waals surface area contributed by atoms with E-state index in [1.165, 1.54) is 22.1 Å². The van der Waals surface area contributed by atoms with Gasteiger partial charge in [0.15, 0.2) is 0 Å². The van der Waals surface area contributed by atoms with E-state index in [1.54, 1.807) is 11.6 Å². The molecule has 2 N–H and O–H groups in total. The van der Waals surface area contributed by atoms with Crippen LogP contribution >= 0.6 is 12.4 Å². The van der Waals surface area contributed by atoms with Gasteiger partial charge >= 0.3 is 0 Å². The highest BCUT2D eigenvalue weighted by atomic mass is 35.5. The van der Waals surface area contributed by atoms with Gasteiger partial charge in [-0.1, -0.05) is 18.6 Å². The molecule has 1 saturated heterocycles. The second-order valence-electron chi connectivity index (χ2n) is 7.28. The third kappa shape index (κ3) is 5.13. The van der Waals surface area contributed by atoms with Gasteiger partial charge < -0.3 is 15.2 Å². The van der Waals surface area contributed by atoms with Crippen LogP contribution < -0.4 is 10.6 Å². The average Bonchev–Trinajstić information content (AvgIpc) is 3.03. The summed E-state index contributed by atoms with van der Waals surface area (Å²) in [7, 11) is -1.85. The molecule has 0 bridgehead atoms. The second kappa shape index (κ2) is 9.23. The Balaban J connectivity index is 0.00000261. The van der Waals surface area contributed by atoms with Crippen molar-refractivity contribution < 1.29 is 13.2 Å². The van der Waals surface area contributed by atoms with Crippen LogP contribution in [0.5, 0.6) is 0 Å². The fourth-order valence-corrected chi connectivity index (χ4v) is 5.20. The molecular weight excluding hydrogens is 388 g/mol. The summed E-state index contributed by atoms with van der Waals surface area (Å²) in [6.45, 7) is 5.40. The van der Waals surface area contributed by atoms with E-state index in [0.717, 1.165) is 32.4 Å². The monoisotopic (exact) mass is 416 g/mol. The largest absolute Gasteiger partial charge is 0.347 e. The van der Waals surface area contributed by atoms with Crippen LogP contribution in [0.15, 0.2) is 28.8 Å². The van der Waals surface area contributed by atoms with Crippen molar-refractivity contribution in [2.75, 3.05) is 32.7 Å². The SMILES string of the molecule is CC1CCCN(S(=O)(=O)c2cc(C(=O)NCC3=CCNCC3)n(C)c2)C1.Cl. The van der Waals surface area contributed by atoms with E-state index in [-0.39, 0.29) is 23.2 Å². The molecule has 1 aromatic heterocycles. The number of hydrogen-bond acceptors (Lipinski definition) is 4. The maximum Gasteiger partial charge on any atom is 0.268 e. The van der Waals surface area contributed by atoms with Crippen LogP contribution in [0.25, 0.3) is 0 Å². The number of carbonyl (C=O) groups is 1. The van der Waals surface area contributed by atoms with Gasteiger partial charge in [-0.2, -0.15) is 4.31 Å². The molecule has 2 aliphatic heterocycles. The predicted octanol–water partition coefficient (Wildman–Crippen LogP) is 1.52. The summed E-state index contributed by atoms with van der Waals surface area (Å²) in [6.07, 6.45) is 6.47. The molecule has 1 aromatic rings. The molecular formula is C18H29ClN4O3S. The minimum atomic E-state index is -3.55. The number of hydrogen-bond donors (Lipinski definition) is 2. The molecule has 27 heavy (non-hydrogen) atoms. The first-order valence-electron chi connectivity index (χ1n) is 9.21. The molecule has 3 rings (SSSR count). The summed E-state index contributed by atoms with van der Waals surface area (Å²) in [4.78, 5) is 12.7. The zero-order valence-electron chi connectivity index (χ0n) is 15.9. The van der Waals surface area contributed by atoms with Crippen molar-refractivity contribution in [3.63, 3.8) is 0 Å². The Morgan fingerprint density at radius 2 is 2.19 bits per heavy atom. The minimum absolute atomic E-state index is 0. The Labute approximate surface area is 167 Å². The van der Waals surface area contributed by atoms with Gasteiger partial charge in [-0.3, -0.25) is 4.79 Å².